The molecule has 118 valence electrons. The number of benzene rings is 1. The molecule has 0 aromatic heterocycles. The lowest BCUT2D eigenvalue weighted by molar-refractivity contribution is 0.325. The van der Waals surface area contributed by atoms with Crippen molar-refractivity contribution in [1.29, 1.82) is 0 Å². The van der Waals surface area contributed by atoms with Gasteiger partial charge >= 0.3 is 0 Å². The fourth-order valence-corrected chi connectivity index (χ4v) is 4.13. The summed E-state index contributed by atoms with van der Waals surface area (Å²) in [7, 11) is -3.17. The van der Waals surface area contributed by atoms with Crippen LogP contribution in [0.1, 0.15) is 25.8 Å². The van der Waals surface area contributed by atoms with Crippen molar-refractivity contribution < 1.29 is 13.2 Å². The molecule has 1 aromatic carbocycles. The minimum absolute atomic E-state index is 0.299. The summed E-state index contributed by atoms with van der Waals surface area (Å²) in [5, 5.41) is -0.299. The molecule has 0 amide bonds. The Morgan fingerprint density at radius 3 is 2.90 bits per heavy atom. The summed E-state index contributed by atoms with van der Waals surface area (Å²) < 4.78 is 32.1. The van der Waals surface area contributed by atoms with Gasteiger partial charge in [0, 0.05) is 19.6 Å². The van der Waals surface area contributed by atoms with Gasteiger partial charge in [0.1, 0.15) is 5.75 Å². The molecule has 0 aliphatic carbocycles. The third-order valence-electron chi connectivity index (χ3n) is 3.63. The first kappa shape index (κ1) is 16.3. The monoisotopic (exact) mass is 312 g/mol. The predicted octanol–water partition coefficient (Wildman–Crippen LogP) is 1.60. The molecule has 1 aliphatic rings. The standard InChI is InChI=1S/C15H24N2O3S/c1-3-16-21(18,19)15-8-9-17(12-15)11-13-6-5-7-14(10-13)20-4-2/h5-7,10,15-16H,3-4,8-9,11-12H2,1-2H3. The van der Waals surface area contributed by atoms with E-state index in [0.717, 1.165) is 24.4 Å². The second-order valence-corrected chi connectivity index (χ2v) is 7.31. The van der Waals surface area contributed by atoms with Crippen molar-refractivity contribution in [3.63, 3.8) is 0 Å². The number of sulfonamides is 1. The van der Waals surface area contributed by atoms with E-state index in [0.29, 0.717) is 26.1 Å². The molecule has 1 fully saturated rings. The first-order valence-corrected chi connectivity index (χ1v) is 9.02. The lowest BCUT2D eigenvalue weighted by Crippen LogP contribution is -2.36. The third-order valence-corrected chi connectivity index (χ3v) is 5.58. The zero-order chi connectivity index (χ0) is 15.3. The summed E-state index contributed by atoms with van der Waals surface area (Å²) in [6, 6.07) is 7.99. The van der Waals surface area contributed by atoms with Gasteiger partial charge in [0.2, 0.25) is 10.0 Å². The number of nitrogens with zero attached hydrogens (tertiary/aromatic N) is 1. The average Bonchev–Trinajstić information content (AvgIpc) is 2.89. The van der Waals surface area contributed by atoms with Crippen LogP contribution in [0.25, 0.3) is 0 Å². The molecule has 0 saturated carbocycles. The van der Waals surface area contributed by atoms with Gasteiger partial charge in [-0.1, -0.05) is 19.1 Å². The molecule has 0 spiro atoms. The third kappa shape index (κ3) is 4.43. The normalized spacial score (nSPS) is 19.8. The van der Waals surface area contributed by atoms with Gasteiger partial charge in [0.25, 0.3) is 0 Å². The highest BCUT2D eigenvalue weighted by Crippen LogP contribution is 2.20. The zero-order valence-electron chi connectivity index (χ0n) is 12.7. The van der Waals surface area contributed by atoms with Gasteiger partial charge in [-0.25, -0.2) is 13.1 Å². The second-order valence-electron chi connectivity index (χ2n) is 5.27. The van der Waals surface area contributed by atoms with Crippen LogP contribution >= 0.6 is 0 Å². The topological polar surface area (TPSA) is 58.6 Å². The van der Waals surface area contributed by atoms with E-state index in [-0.39, 0.29) is 5.25 Å². The van der Waals surface area contributed by atoms with Gasteiger partial charge in [-0.05, 0) is 37.6 Å². The molecule has 1 N–H and O–H groups in total. The molecule has 0 bridgehead atoms. The Bertz CT molecular complexity index is 560. The maximum Gasteiger partial charge on any atom is 0.215 e. The van der Waals surface area contributed by atoms with Crippen LogP contribution in [0.3, 0.4) is 0 Å². The quantitative estimate of drug-likeness (QED) is 0.831. The maximum atomic E-state index is 12.0. The summed E-state index contributed by atoms with van der Waals surface area (Å²) in [5.74, 6) is 0.867. The lowest BCUT2D eigenvalue weighted by Gasteiger charge is -2.17. The van der Waals surface area contributed by atoms with E-state index >= 15 is 0 Å². The zero-order valence-corrected chi connectivity index (χ0v) is 13.5. The molecular weight excluding hydrogens is 288 g/mol. The minimum atomic E-state index is -3.17. The first-order chi connectivity index (χ1) is 10.0. The van der Waals surface area contributed by atoms with E-state index in [1.165, 1.54) is 0 Å². The highest BCUT2D eigenvalue weighted by Gasteiger charge is 2.32. The molecule has 21 heavy (non-hydrogen) atoms. The first-order valence-electron chi connectivity index (χ1n) is 7.47. The van der Waals surface area contributed by atoms with Gasteiger partial charge in [0.15, 0.2) is 0 Å². The van der Waals surface area contributed by atoms with Crippen LogP contribution in [0, 0.1) is 0 Å². The molecule has 1 aromatic rings. The van der Waals surface area contributed by atoms with Crippen molar-refractivity contribution in [2.75, 3.05) is 26.2 Å². The van der Waals surface area contributed by atoms with Crippen molar-refractivity contribution in [2.45, 2.75) is 32.1 Å². The average molecular weight is 312 g/mol. The number of hydrogen-bond donors (Lipinski definition) is 1. The van der Waals surface area contributed by atoms with Crippen molar-refractivity contribution >= 4 is 10.0 Å². The van der Waals surface area contributed by atoms with Crippen LogP contribution in [-0.4, -0.2) is 44.8 Å². The Kier molecular flexibility index (Phi) is 5.61. The van der Waals surface area contributed by atoms with Gasteiger partial charge < -0.3 is 4.74 Å². The lowest BCUT2D eigenvalue weighted by atomic mass is 10.2. The summed E-state index contributed by atoms with van der Waals surface area (Å²) in [5.41, 5.74) is 1.16. The molecule has 0 radical (unpaired) electrons. The Morgan fingerprint density at radius 1 is 1.38 bits per heavy atom. The molecule has 1 saturated heterocycles. The van der Waals surface area contributed by atoms with Crippen LogP contribution in [-0.2, 0) is 16.6 Å². The van der Waals surface area contributed by atoms with Crippen molar-refractivity contribution in [1.82, 2.24) is 9.62 Å². The second kappa shape index (κ2) is 7.24. The van der Waals surface area contributed by atoms with Crippen LogP contribution in [0.4, 0.5) is 0 Å². The van der Waals surface area contributed by atoms with E-state index in [1.807, 2.05) is 32.0 Å². The number of nitrogens with one attached hydrogen (secondary N) is 1. The van der Waals surface area contributed by atoms with E-state index in [2.05, 4.69) is 15.7 Å². The highest BCUT2D eigenvalue weighted by atomic mass is 32.2. The van der Waals surface area contributed by atoms with Gasteiger partial charge in [-0.3, -0.25) is 4.90 Å². The SMILES string of the molecule is CCNS(=O)(=O)C1CCN(Cc2cccc(OCC)c2)C1. The number of ether oxygens (including phenoxy) is 1. The molecule has 1 atom stereocenters. The highest BCUT2D eigenvalue weighted by molar-refractivity contribution is 7.90. The summed E-state index contributed by atoms with van der Waals surface area (Å²) >= 11 is 0. The fourth-order valence-electron chi connectivity index (χ4n) is 2.67. The Hall–Kier alpha value is -1.11. The summed E-state index contributed by atoms with van der Waals surface area (Å²) in [6.45, 7) is 7.04. The number of rotatable bonds is 7. The van der Waals surface area contributed by atoms with Crippen molar-refractivity contribution in [3.8, 4) is 5.75 Å². The Balaban J connectivity index is 1.95. The minimum Gasteiger partial charge on any atom is -0.494 e. The van der Waals surface area contributed by atoms with Crippen LogP contribution in [0.5, 0.6) is 5.75 Å². The molecule has 1 aliphatic heterocycles. The molecule has 5 nitrogen and oxygen atoms in total. The van der Waals surface area contributed by atoms with E-state index in [9.17, 15) is 8.42 Å². The molecule has 6 heteroatoms. The number of likely N-dealkylation sites (tertiary alicyclic amines) is 1. The summed E-state index contributed by atoms with van der Waals surface area (Å²) in [4.78, 5) is 2.19. The fraction of sp³-hybridized carbons (Fsp3) is 0.600. The molecule has 2 rings (SSSR count). The van der Waals surface area contributed by atoms with E-state index in [1.54, 1.807) is 0 Å². The largest absolute Gasteiger partial charge is 0.494 e. The molecule has 1 unspecified atom stereocenters. The van der Waals surface area contributed by atoms with Gasteiger partial charge in [-0.2, -0.15) is 0 Å². The summed E-state index contributed by atoms with van der Waals surface area (Å²) in [6.07, 6.45) is 0.695. The Labute approximate surface area is 127 Å². The maximum absolute atomic E-state index is 12.0. The van der Waals surface area contributed by atoms with Crippen molar-refractivity contribution in [2.24, 2.45) is 0 Å². The predicted molar refractivity (Wildman–Crippen MR) is 83.9 cm³/mol. The van der Waals surface area contributed by atoms with Gasteiger partial charge in [0.05, 0.1) is 11.9 Å². The van der Waals surface area contributed by atoms with Crippen molar-refractivity contribution in [3.05, 3.63) is 29.8 Å². The molecule has 1 heterocycles. The van der Waals surface area contributed by atoms with E-state index < -0.39 is 10.0 Å². The van der Waals surface area contributed by atoms with Crippen LogP contribution in [0.15, 0.2) is 24.3 Å². The number of hydrogen-bond acceptors (Lipinski definition) is 4. The smallest absolute Gasteiger partial charge is 0.215 e. The van der Waals surface area contributed by atoms with Crippen LogP contribution < -0.4 is 9.46 Å². The van der Waals surface area contributed by atoms with Crippen LogP contribution in [0.2, 0.25) is 0 Å². The van der Waals surface area contributed by atoms with E-state index in [4.69, 9.17) is 4.74 Å². The Morgan fingerprint density at radius 2 is 2.19 bits per heavy atom. The molecular formula is C15H24N2O3S. The van der Waals surface area contributed by atoms with Gasteiger partial charge in [-0.15, -0.1) is 0 Å².